The largest absolute Gasteiger partial charge is 0.433 e. The maximum atomic E-state index is 12.2. The summed E-state index contributed by atoms with van der Waals surface area (Å²) in [5.41, 5.74) is 0.553. The molecule has 0 radical (unpaired) electrons. The molecule has 1 nitrogen and oxygen atoms in total. The van der Waals surface area contributed by atoms with E-state index in [0.29, 0.717) is 5.69 Å². The van der Waals surface area contributed by atoms with Crippen LogP contribution >= 0.6 is 0 Å². The van der Waals surface area contributed by atoms with Crippen molar-refractivity contribution in [1.29, 1.82) is 0 Å². The van der Waals surface area contributed by atoms with E-state index in [0.717, 1.165) is 24.5 Å². The zero-order valence-electron chi connectivity index (χ0n) is 8.15. The lowest BCUT2D eigenvalue weighted by molar-refractivity contribution is -0.141. The van der Waals surface area contributed by atoms with E-state index in [2.05, 4.69) is 4.98 Å². The normalized spacial score (nSPS) is 11.8. The number of pyridine rings is 1. The van der Waals surface area contributed by atoms with Gasteiger partial charge in [-0.15, -0.1) is 0 Å². The van der Waals surface area contributed by atoms with Crippen LogP contribution in [0.2, 0.25) is 0 Å². The molecule has 0 aromatic carbocycles. The van der Waals surface area contributed by atoms with Crippen LogP contribution in [-0.2, 0) is 12.6 Å². The molecule has 0 aliphatic carbocycles. The second-order valence-corrected chi connectivity index (χ2v) is 3.19. The molecule has 78 valence electrons. The average Bonchev–Trinajstić information content (AvgIpc) is 2.07. The maximum absolute atomic E-state index is 12.2. The summed E-state index contributed by atoms with van der Waals surface area (Å²) in [6.07, 6.45) is -2.65. The second kappa shape index (κ2) is 3.98. The van der Waals surface area contributed by atoms with Crippen molar-refractivity contribution in [2.45, 2.75) is 32.9 Å². The van der Waals surface area contributed by atoms with Gasteiger partial charge in [0.25, 0.3) is 0 Å². The molecule has 1 rings (SSSR count). The molecule has 0 saturated heterocycles. The van der Waals surface area contributed by atoms with Crippen LogP contribution in [-0.4, -0.2) is 4.98 Å². The summed E-state index contributed by atoms with van der Waals surface area (Å²) in [4.78, 5) is 3.54. The summed E-state index contributed by atoms with van der Waals surface area (Å²) < 4.78 is 36.7. The van der Waals surface area contributed by atoms with Crippen LogP contribution in [0.1, 0.15) is 30.3 Å². The van der Waals surface area contributed by atoms with E-state index in [1.165, 1.54) is 6.07 Å². The quantitative estimate of drug-likeness (QED) is 0.718. The van der Waals surface area contributed by atoms with Crippen LogP contribution in [0.5, 0.6) is 0 Å². The third kappa shape index (κ3) is 2.47. The van der Waals surface area contributed by atoms with Gasteiger partial charge in [-0.05, 0) is 25.0 Å². The first-order chi connectivity index (χ1) is 6.45. The molecule has 0 unspecified atom stereocenters. The Morgan fingerprint density at radius 1 is 1.29 bits per heavy atom. The molecule has 0 bridgehead atoms. The SMILES string of the molecule is CCCc1ccc(C(F)(F)F)nc1C. The van der Waals surface area contributed by atoms with Crippen molar-refractivity contribution >= 4 is 0 Å². The Kier molecular flexibility index (Phi) is 3.13. The van der Waals surface area contributed by atoms with Crippen LogP contribution in [0, 0.1) is 6.92 Å². The van der Waals surface area contributed by atoms with Crippen molar-refractivity contribution in [3.63, 3.8) is 0 Å². The fourth-order valence-corrected chi connectivity index (χ4v) is 1.28. The van der Waals surface area contributed by atoms with Crippen molar-refractivity contribution < 1.29 is 13.2 Å². The number of aromatic nitrogens is 1. The average molecular weight is 203 g/mol. The molecule has 1 aromatic heterocycles. The zero-order valence-corrected chi connectivity index (χ0v) is 8.15. The Bertz CT molecular complexity index is 318. The molecule has 1 heterocycles. The topological polar surface area (TPSA) is 12.9 Å². The highest BCUT2D eigenvalue weighted by molar-refractivity contribution is 5.23. The summed E-state index contributed by atoms with van der Waals surface area (Å²) in [5.74, 6) is 0. The molecule has 0 saturated carbocycles. The van der Waals surface area contributed by atoms with Gasteiger partial charge in [-0.3, -0.25) is 0 Å². The highest BCUT2D eigenvalue weighted by Gasteiger charge is 2.32. The van der Waals surface area contributed by atoms with Gasteiger partial charge in [0, 0.05) is 5.69 Å². The Morgan fingerprint density at radius 3 is 2.36 bits per heavy atom. The molecule has 0 fully saturated rings. The van der Waals surface area contributed by atoms with Crippen LogP contribution in [0.15, 0.2) is 12.1 Å². The molecule has 0 spiro atoms. The predicted octanol–water partition coefficient (Wildman–Crippen LogP) is 3.36. The van der Waals surface area contributed by atoms with Crippen LogP contribution in [0.3, 0.4) is 0 Å². The van der Waals surface area contributed by atoms with Crippen molar-refractivity contribution in [2.24, 2.45) is 0 Å². The molecule has 0 N–H and O–H groups in total. The van der Waals surface area contributed by atoms with E-state index in [4.69, 9.17) is 0 Å². The van der Waals surface area contributed by atoms with Gasteiger partial charge in [-0.2, -0.15) is 13.2 Å². The third-order valence-corrected chi connectivity index (χ3v) is 2.01. The van der Waals surface area contributed by atoms with Crippen molar-refractivity contribution in [2.75, 3.05) is 0 Å². The first-order valence-corrected chi connectivity index (χ1v) is 4.49. The second-order valence-electron chi connectivity index (χ2n) is 3.19. The van der Waals surface area contributed by atoms with Crippen LogP contribution in [0.4, 0.5) is 13.2 Å². The lowest BCUT2D eigenvalue weighted by Crippen LogP contribution is -2.09. The molecular weight excluding hydrogens is 191 g/mol. The highest BCUT2D eigenvalue weighted by atomic mass is 19.4. The van der Waals surface area contributed by atoms with Crippen molar-refractivity contribution in [3.8, 4) is 0 Å². The first-order valence-electron chi connectivity index (χ1n) is 4.49. The molecule has 0 amide bonds. The minimum absolute atomic E-state index is 0.474. The molecule has 0 aliphatic rings. The van der Waals surface area contributed by atoms with Gasteiger partial charge >= 0.3 is 6.18 Å². The predicted molar refractivity (Wildman–Crippen MR) is 48.0 cm³/mol. The molecule has 0 atom stereocenters. The van der Waals surface area contributed by atoms with Gasteiger partial charge in [0.1, 0.15) is 5.69 Å². The van der Waals surface area contributed by atoms with E-state index in [1.54, 1.807) is 6.92 Å². The van der Waals surface area contributed by atoms with E-state index in [-0.39, 0.29) is 0 Å². The van der Waals surface area contributed by atoms with E-state index >= 15 is 0 Å². The van der Waals surface area contributed by atoms with Crippen molar-refractivity contribution in [1.82, 2.24) is 4.98 Å². The molecular formula is C10H12F3N. The first kappa shape index (κ1) is 11.0. The Morgan fingerprint density at radius 2 is 1.93 bits per heavy atom. The van der Waals surface area contributed by atoms with Gasteiger partial charge in [-0.25, -0.2) is 4.98 Å². The molecule has 0 aliphatic heterocycles. The van der Waals surface area contributed by atoms with Gasteiger partial charge in [-0.1, -0.05) is 19.4 Å². The lowest BCUT2D eigenvalue weighted by Gasteiger charge is -2.09. The number of halogens is 3. The van der Waals surface area contributed by atoms with E-state index < -0.39 is 11.9 Å². The number of hydrogen-bond acceptors (Lipinski definition) is 1. The summed E-state index contributed by atoms with van der Waals surface area (Å²) in [6, 6.07) is 2.55. The molecule has 1 aromatic rings. The minimum atomic E-state index is -4.34. The highest BCUT2D eigenvalue weighted by Crippen LogP contribution is 2.28. The van der Waals surface area contributed by atoms with Crippen LogP contribution < -0.4 is 0 Å². The van der Waals surface area contributed by atoms with E-state index in [9.17, 15) is 13.2 Å². The maximum Gasteiger partial charge on any atom is 0.433 e. The monoisotopic (exact) mass is 203 g/mol. The summed E-state index contributed by atoms with van der Waals surface area (Å²) in [5, 5.41) is 0. The number of aryl methyl sites for hydroxylation is 2. The molecule has 4 heteroatoms. The van der Waals surface area contributed by atoms with Gasteiger partial charge < -0.3 is 0 Å². The lowest BCUT2D eigenvalue weighted by atomic mass is 10.1. The Balaban J connectivity index is 3.01. The van der Waals surface area contributed by atoms with E-state index in [1.807, 2.05) is 6.92 Å². The smallest absolute Gasteiger partial charge is 0.248 e. The fourth-order valence-electron chi connectivity index (χ4n) is 1.28. The minimum Gasteiger partial charge on any atom is -0.248 e. The summed E-state index contributed by atoms with van der Waals surface area (Å²) >= 11 is 0. The number of hydrogen-bond donors (Lipinski definition) is 0. The number of rotatable bonds is 2. The van der Waals surface area contributed by atoms with Crippen LogP contribution in [0.25, 0.3) is 0 Å². The number of nitrogens with zero attached hydrogens (tertiary/aromatic N) is 1. The Hall–Kier alpha value is -1.06. The third-order valence-electron chi connectivity index (χ3n) is 2.01. The molecule has 14 heavy (non-hydrogen) atoms. The summed E-state index contributed by atoms with van der Waals surface area (Å²) in [7, 11) is 0. The van der Waals surface area contributed by atoms with Gasteiger partial charge in [0.15, 0.2) is 0 Å². The fraction of sp³-hybridized carbons (Fsp3) is 0.500. The van der Waals surface area contributed by atoms with Crippen molar-refractivity contribution in [3.05, 3.63) is 29.1 Å². The van der Waals surface area contributed by atoms with Gasteiger partial charge in [0.05, 0.1) is 0 Å². The van der Waals surface area contributed by atoms with Gasteiger partial charge in [0.2, 0.25) is 0 Å². The number of alkyl halides is 3. The summed E-state index contributed by atoms with van der Waals surface area (Å²) in [6.45, 7) is 3.59. The standard InChI is InChI=1S/C10H12F3N/c1-3-4-8-5-6-9(10(11,12)13)14-7(8)2/h5-6H,3-4H2,1-2H3. The zero-order chi connectivity index (χ0) is 10.8. The Labute approximate surface area is 81.0 Å².